The molecular weight excluding hydrogens is 356 g/mol. The van der Waals surface area contributed by atoms with Crippen LogP contribution in [0.1, 0.15) is 12.0 Å². The van der Waals surface area contributed by atoms with E-state index in [1.54, 1.807) is 6.20 Å². The van der Waals surface area contributed by atoms with E-state index in [0.29, 0.717) is 11.7 Å². The largest absolute Gasteiger partial charge is 0.362 e. The van der Waals surface area contributed by atoms with Gasteiger partial charge < -0.3 is 10.6 Å². The number of hydrogen-bond acceptors (Lipinski definition) is 3. The van der Waals surface area contributed by atoms with Gasteiger partial charge in [0.25, 0.3) is 0 Å². The number of thiocarbonyl (C=S) groups is 1. The van der Waals surface area contributed by atoms with E-state index in [1.165, 1.54) is 0 Å². The van der Waals surface area contributed by atoms with Crippen LogP contribution in [0.5, 0.6) is 0 Å². The molecule has 25 heavy (non-hydrogen) atoms. The van der Waals surface area contributed by atoms with Crippen molar-refractivity contribution in [2.75, 3.05) is 11.9 Å². The lowest BCUT2D eigenvalue weighted by molar-refractivity contribution is 0.574. The summed E-state index contributed by atoms with van der Waals surface area (Å²) >= 11 is 11.2. The van der Waals surface area contributed by atoms with Crippen LogP contribution in [-0.2, 0) is 13.1 Å². The van der Waals surface area contributed by atoms with Crippen LogP contribution < -0.4 is 10.6 Å². The van der Waals surface area contributed by atoms with Crippen molar-refractivity contribution in [3.05, 3.63) is 65.6 Å². The predicted octanol–water partition coefficient (Wildman–Crippen LogP) is 3.16. The Morgan fingerprint density at radius 3 is 2.72 bits per heavy atom. The first kappa shape index (κ1) is 17.4. The number of nitrogens with one attached hydrogen (secondary N) is 2. The van der Waals surface area contributed by atoms with Gasteiger partial charge in [-0.1, -0.05) is 23.7 Å². The molecule has 0 radical (unpaired) electrons. The van der Waals surface area contributed by atoms with Crippen LogP contribution in [0.15, 0.2) is 55.0 Å². The van der Waals surface area contributed by atoms with E-state index in [9.17, 15) is 0 Å². The van der Waals surface area contributed by atoms with Crippen LogP contribution >= 0.6 is 23.8 Å². The molecule has 2 N–H and O–H groups in total. The minimum absolute atomic E-state index is 0.567. The van der Waals surface area contributed by atoms with E-state index in [1.807, 2.05) is 58.2 Å². The van der Waals surface area contributed by atoms with Crippen LogP contribution in [0.3, 0.4) is 0 Å². The molecule has 0 fully saturated rings. The van der Waals surface area contributed by atoms with E-state index in [0.717, 1.165) is 35.9 Å². The van der Waals surface area contributed by atoms with Gasteiger partial charge in [-0.2, -0.15) is 10.2 Å². The van der Waals surface area contributed by atoms with Crippen LogP contribution in [0, 0.1) is 0 Å². The summed E-state index contributed by atoms with van der Waals surface area (Å²) in [6.07, 6.45) is 6.58. The quantitative estimate of drug-likeness (QED) is 0.491. The van der Waals surface area contributed by atoms with E-state index in [4.69, 9.17) is 23.8 Å². The average Bonchev–Trinajstić information content (AvgIpc) is 3.26. The van der Waals surface area contributed by atoms with E-state index >= 15 is 0 Å². The van der Waals surface area contributed by atoms with Crippen molar-refractivity contribution in [3.8, 4) is 0 Å². The summed E-state index contributed by atoms with van der Waals surface area (Å²) in [5, 5.41) is 16.2. The van der Waals surface area contributed by atoms with E-state index in [-0.39, 0.29) is 0 Å². The van der Waals surface area contributed by atoms with E-state index < -0.39 is 0 Å². The van der Waals surface area contributed by atoms with Gasteiger partial charge in [-0.25, -0.2) is 0 Å². The number of benzene rings is 1. The van der Waals surface area contributed by atoms with Crippen LogP contribution in [-0.4, -0.2) is 31.2 Å². The molecule has 3 rings (SSSR count). The number of aromatic nitrogens is 4. The summed E-state index contributed by atoms with van der Waals surface area (Å²) in [6.45, 7) is 2.32. The Labute approximate surface area is 156 Å². The van der Waals surface area contributed by atoms with Crippen molar-refractivity contribution < 1.29 is 0 Å². The fourth-order valence-corrected chi connectivity index (χ4v) is 2.66. The third-order valence-electron chi connectivity index (χ3n) is 3.55. The maximum Gasteiger partial charge on any atom is 0.171 e. The number of aryl methyl sites for hydroxylation is 1. The molecule has 0 aliphatic carbocycles. The first-order valence-corrected chi connectivity index (χ1v) is 8.78. The number of halogens is 1. The van der Waals surface area contributed by atoms with E-state index in [2.05, 4.69) is 20.8 Å². The smallest absolute Gasteiger partial charge is 0.171 e. The lowest BCUT2D eigenvalue weighted by Crippen LogP contribution is -2.30. The van der Waals surface area contributed by atoms with Gasteiger partial charge in [-0.05, 0) is 42.4 Å². The molecule has 1 aromatic carbocycles. The number of rotatable bonds is 7. The van der Waals surface area contributed by atoms with Crippen molar-refractivity contribution >= 4 is 34.7 Å². The third kappa shape index (κ3) is 5.58. The summed E-state index contributed by atoms with van der Waals surface area (Å²) in [6, 6.07) is 11.5. The Morgan fingerprint density at radius 1 is 1.12 bits per heavy atom. The minimum Gasteiger partial charge on any atom is -0.362 e. The van der Waals surface area contributed by atoms with Gasteiger partial charge in [0.15, 0.2) is 10.9 Å². The van der Waals surface area contributed by atoms with Gasteiger partial charge >= 0.3 is 0 Å². The first-order chi connectivity index (χ1) is 12.2. The SMILES string of the molecule is S=C(NCCCn1cccn1)Nc1ccn(Cc2ccc(Cl)cc2)n1. The molecule has 2 heterocycles. The molecule has 0 spiro atoms. The van der Waals surface area contributed by atoms with Gasteiger partial charge in [-0.15, -0.1) is 0 Å². The monoisotopic (exact) mass is 374 g/mol. The number of hydrogen-bond donors (Lipinski definition) is 2. The lowest BCUT2D eigenvalue weighted by atomic mass is 10.2. The Bertz CT molecular complexity index is 797. The number of nitrogens with zero attached hydrogens (tertiary/aromatic N) is 4. The second-order valence-electron chi connectivity index (χ2n) is 5.53. The fraction of sp³-hybridized carbons (Fsp3) is 0.235. The van der Waals surface area contributed by atoms with Crippen LogP contribution in [0.2, 0.25) is 5.02 Å². The van der Waals surface area contributed by atoms with Crippen molar-refractivity contribution in [3.63, 3.8) is 0 Å². The summed E-state index contributed by atoms with van der Waals surface area (Å²) in [5.74, 6) is 0.721. The van der Waals surface area contributed by atoms with Gasteiger partial charge in [0, 0.05) is 42.8 Å². The maximum absolute atomic E-state index is 5.90. The Kier molecular flexibility index (Phi) is 6.03. The standard InChI is InChI=1S/C17H19ClN6S/c18-15-5-3-14(4-6-15)13-24-12-7-16(22-24)21-17(25)19-8-1-10-23-11-2-9-20-23/h2-7,9,11-12H,1,8,10,13H2,(H2,19,21,22,25). The summed E-state index contributed by atoms with van der Waals surface area (Å²) in [7, 11) is 0. The zero-order valence-corrected chi connectivity index (χ0v) is 15.2. The van der Waals surface area contributed by atoms with Gasteiger partial charge in [0.05, 0.1) is 6.54 Å². The zero-order valence-electron chi connectivity index (χ0n) is 13.6. The molecular formula is C17H19ClN6S. The molecule has 0 aliphatic rings. The first-order valence-electron chi connectivity index (χ1n) is 7.99. The molecule has 0 saturated carbocycles. The molecule has 0 atom stereocenters. The Balaban J connectivity index is 1.41. The van der Waals surface area contributed by atoms with Gasteiger partial charge in [0.2, 0.25) is 0 Å². The van der Waals surface area contributed by atoms with Crippen molar-refractivity contribution in [2.24, 2.45) is 0 Å². The predicted molar refractivity (Wildman–Crippen MR) is 104 cm³/mol. The average molecular weight is 375 g/mol. The van der Waals surface area contributed by atoms with Crippen LogP contribution in [0.25, 0.3) is 0 Å². The fourth-order valence-electron chi connectivity index (χ4n) is 2.33. The second-order valence-corrected chi connectivity index (χ2v) is 6.37. The van der Waals surface area contributed by atoms with Crippen molar-refractivity contribution in [1.82, 2.24) is 24.9 Å². The van der Waals surface area contributed by atoms with Crippen molar-refractivity contribution in [1.29, 1.82) is 0 Å². The maximum atomic E-state index is 5.90. The molecule has 6 nitrogen and oxygen atoms in total. The highest BCUT2D eigenvalue weighted by molar-refractivity contribution is 7.80. The molecule has 0 saturated heterocycles. The zero-order chi connectivity index (χ0) is 17.5. The van der Waals surface area contributed by atoms with Crippen LogP contribution in [0.4, 0.5) is 5.82 Å². The normalized spacial score (nSPS) is 10.6. The molecule has 2 aromatic heterocycles. The van der Waals surface area contributed by atoms with Gasteiger partial charge in [0.1, 0.15) is 0 Å². The highest BCUT2D eigenvalue weighted by atomic mass is 35.5. The minimum atomic E-state index is 0.567. The number of anilines is 1. The Morgan fingerprint density at radius 2 is 1.96 bits per heavy atom. The summed E-state index contributed by atoms with van der Waals surface area (Å²) in [5.41, 5.74) is 1.14. The Hall–Kier alpha value is -2.38. The summed E-state index contributed by atoms with van der Waals surface area (Å²) in [4.78, 5) is 0. The molecule has 3 aromatic rings. The summed E-state index contributed by atoms with van der Waals surface area (Å²) < 4.78 is 3.75. The topological polar surface area (TPSA) is 59.7 Å². The highest BCUT2D eigenvalue weighted by Crippen LogP contribution is 2.11. The lowest BCUT2D eigenvalue weighted by Gasteiger charge is -2.08. The molecule has 8 heteroatoms. The third-order valence-corrected chi connectivity index (χ3v) is 4.05. The highest BCUT2D eigenvalue weighted by Gasteiger charge is 2.03. The molecule has 0 unspecified atom stereocenters. The van der Waals surface area contributed by atoms with Gasteiger partial charge in [-0.3, -0.25) is 9.36 Å². The second kappa shape index (κ2) is 8.64. The molecule has 0 aliphatic heterocycles. The molecule has 0 amide bonds. The van der Waals surface area contributed by atoms with Crippen molar-refractivity contribution in [2.45, 2.75) is 19.5 Å². The molecule has 130 valence electrons. The molecule has 0 bridgehead atoms.